The minimum absolute atomic E-state index is 0.00436. The van der Waals surface area contributed by atoms with Crippen LogP contribution in [-0.4, -0.2) is 38.5 Å². The lowest BCUT2D eigenvalue weighted by Crippen LogP contribution is -2.38. The zero-order valence-corrected chi connectivity index (χ0v) is 11.5. The molecule has 20 heavy (non-hydrogen) atoms. The minimum Gasteiger partial charge on any atom is -0.484 e. The second-order valence-corrected chi connectivity index (χ2v) is 6.82. The fourth-order valence-corrected chi connectivity index (χ4v) is 3.63. The summed E-state index contributed by atoms with van der Waals surface area (Å²) < 4.78 is 27.8. The van der Waals surface area contributed by atoms with Gasteiger partial charge in [-0.3, -0.25) is 4.79 Å². The number of carbonyl (C=O) groups is 1. The molecule has 1 fully saturated rings. The Morgan fingerprint density at radius 3 is 2.65 bits per heavy atom. The van der Waals surface area contributed by atoms with Crippen molar-refractivity contribution in [1.82, 2.24) is 5.32 Å². The highest BCUT2D eigenvalue weighted by Crippen LogP contribution is 2.12. The van der Waals surface area contributed by atoms with E-state index in [4.69, 9.17) is 10.00 Å². The number of rotatable bonds is 4. The summed E-state index contributed by atoms with van der Waals surface area (Å²) in [5, 5.41) is 11.3. The van der Waals surface area contributed by atoms with E-state index in [9.17, 15) is 13.2 Å². The third-order valence-electron chi connectivity index (χ3n) is 2.95. The van der Waals surface area contributed by atoms with Gasteiger partial charge in [0.05, 0.1) is 23.1 Å². The summed E-state index contributed by atoms with van der Waals surface area (Å²) in [7, 11) is -3.00. The van der Waals surface area contributed by atoms with E-state index in [0.717, 1.165) is 0 Å². The van der Waals surface area contributed by atoms with Crippen LogP contribution in [0.15, 0.2) is 24.3 Å². The summed E-state index contributed by atoms with van der Waals surface area (Å²) in [5.41, 5.74) is 0.512. The second kappa shape index (κ2) is 5.92. The van der Waals surface area contributed by atoms with Gasteiger partial charge in [0.2, 0.25) is 0 Å². The van der Waals surface area contributed by atoms with Gasteiger partial charge in [-0.15, -0.1) is 0 Å². The van der Waals surface area contributed by atoms with E-state index >= 15 is 0 Å². The summed E-state index contributed by atoms with van der Waals surface area (Å²) in [6.45, 7) is -0.178. The number of nitriles is 1. The maximum Gasteiger partial charge on any atom is 0.258 e. The van der Waals surface area contributed by atoms with Crippen LogP contribution in [0.5, 0.6) is 5.75 Å². The lowest BCUT2D eigenvalue weighted by atomic mass is 10.2. The molecule has 0 saturated carbocycles. The lowest BCUT2D eigenvalue weighted by Gasteiger charge is -2.11. The Labute approximate surface area is 117 Å². The molecule has 1 aromatic carbocycles. The predicted octanol–water partition coefficient (Wildman–Crippen LogP) is 0.240. The van der Waals surface area contributed by atoms with Crippen LogP contribution in [-0.2, 0) is 14.6 Å². The van der Waals surface area contributed by atoms with Crippen LogP contribution >= 0.6 is 0 Å². The average molecular weight is 294 g/mol. The molecule has 1 heterocycles. The van der Waals surface area contributed by atoms with Gasteiger partial charge in [-0.1, -0.05) is 0 Å². The molecule has 1 aliphatic rings. The molecular weight excluding hydrogens is 280 g/mol. The van der Waals surface area contributed by atoms with Gasteiger partial charge in [0.15, 0.2) is 16.4 Å². The lowest BCUT2D eigenvalue weighted by molar-refractivity contribution is -0.123. The molecule has 0 bridgehead atoms. The molecule has 1 N–H and O–H groups in total. The number of ether oxygens (including phenoxy) is 1. The summed E-state index contributed by atoms with van der Waals surface area (Å²) in [6.07, 6.45) is 0.449. The van der Waals surface area contributed by atoms with Crippen LogP contribution in [0.1, 0.15) is 12.0 Å². The number of nitrogens with one attached hydrogen (secondary N) is 1. The van der Waals surface area contributed by atoms with Crippen molar-refractivity contribution < 1.29 is 17.9 Å². The fourth-order valence-electron chi connectivity index (χ4n) is 1.95. The molecule has 0 unspecified atom stereocenters. The zero-order valence-electron chi connectivity index (χ0n) is 10.7. The summed E-state index contributed by atoms with van der Waals surface area (Å²) >= 11 is 0. The molecule has 0 radical (unpaired) electrons. The van der Waals surface area contributed by atoms with Crippen molar-refractivity contribution in [3.8, 4) is 11.8 Å². The van der Waals surface area contributed by atoms with Crippen molar-refractivity contribution in [2.24, 2.45) is 0 Å². The van der Waals surface area contributed by atoms with Crippen molar-refractivity contribution in [2.75, 3.05) is 18.1 Å². The molecule has 1 aromatic rings. The first kappa shape index (κ1) is 14.3. The third-order valence-corrected chi connectivity index (χ3v) is 4.72. The maximum absolute atomic E-state index is 11.6. The molecule has 0 spiro atoms. The Morgan fingerprint density at radius 1 is 1.40 bits per heavy atom. The van der Waals surface area contributed by atoms with Gasteiger partial charge in [-0.2, -0.15) is 5.26 Å². The first-order chi connectivity index (χ1) is 9.48. The van der Waals surface area contributed by atoms with Gasteiger partial charge >= 0.3 is 0 Å². The topological polar surface area (TPSA) is 96.3 Å². The molecule has 0 aromatic heterocycles. The number of amides is 1. The Morgan fingerprint density at radius 2 is 2.10 bits per heavy atom. The van der Waals surface area contributed by atoms with Gasteiger partial charge in [0.25, 0.3) is 5.91 Å². The highest BCUT2D eigenvalue weighted by Gasteiger charge is 2.28. The largest absolute Gasteiger partial charge is 0.484 e. The van der Waals surface area contributed by atoms with Gasteiger partial charge in [-0.05, 0) is 30.7 Å². The molecule has 2 rings (SSSR count). The van der Waals surface area contributed by atoms with E-state index < -0.39 is 9.84 Å². The first-order valence-corrected chi connectivity index (χ1v) is 7.93. The number of sulfone groups is 1. The van der Waals surface area contributed by atoms with E-state index in [0.29, 0.717) is 17.7 Å². The van der Waals surface area contributed by atoms with Crippen LogP contribution in [0, 0.1) is 11.3 Å². The van der Waals surface area contributed by atoms with Crippen molar-refractivity contribution in [2.45, 2.75) is 12.5 Å². The minimum atomic E-state index is -3.00. The van der Waals surface area contributed by atoms with Crippen LogP contribution in [0.25, 0.3) is 0 Å². The van der Waals surface area contributed by atoms with E-state index in [-0.39, 0.29) is 30.1 Å². The van der Waals surface area contributed by atoms with Crippen LogP contribution in [0.3, 0.4) is 0 Å². The Bertz CT molecular complexity index is 631. The van der Waals surface area contributed by atoms with E-state index in [1.165, 1.54) is 0 Å². The van der Waals surface area contributed by atoms with Crippen molar-refractivity contribution in [1.29, 1.82) is 5.26 Å². The van der Waals surface area contributed by atoms with Gasteiger partial charge in [0, 0.05) is 6.04 Å². The Hall–Kier alpha value is -2.07. The van der Waals surface area contributed by atoms with Gasteiger partial charge < -0.3 is 10.1 Å². The summed E-state index contributed by atoms with van der Waals surface area (Å²) in [4.78, 5) is 11.6. The highest BCUT2D eigenvalue weighted by atomic mass is 32.2. The predicted molar refractivity (Wildman–Crippen MR) is 71.9 cm³/mol. The quantitative estimate of drug-likeness (QED) is 0.858. The zero-order chi connectivity index (χ0) is 14.6. The number of benzene rings is 1. The third kappa shape index (κ3) is 3.96. The monoisotopic (exact) mass is 294 g/mol. The van der Waals surface area contributed by atoms with Crippen LogP contribution in [0.4, 0.5) is 0 Å². The molecule has 6 nitrogen and oxygen atoms in total. The normalized spacial score (nSPS) is 20.1. The van der Waals surface area contributed by atoms with E-state index in [1.54, 1.807) is 24.3 Å². The molecule has 1 saturated heterocycles. The molecule has 0 aliphatic carbocycles. The Kier molecular flexibility index (Phi) is 4.25. The fraction of sp³-hybridized carbons (Fsp3) is 0.385. The van der Waals surface area contributed by atoms with Gasteiger partial charge in [-0.25, -0.2) is 8.42 Å². The van der Waals surface area contributed by atoms with Gasteiger partial charge in [0.1, 0.15) is 5.75 Å². The highest BCUT2D eigenvalue weighted by molar-refractivity contribution is 7.91. The second-order valence-electron chi connectivity index (χ2n) is 4.59. The number of hydrogen-bond acceptors (Lipinski definition) is 5. The van der Waals surface area contributed by atoms with Crippen molar-refractivity contribution in [3.63, 3.8) is 0 Å². The van der Waals surface area contributed by atoms with Crippen LogP contribution in [0.2, 0.25) is 0 Å². The SMILES string of the molecule is N#Cc1ccc(OCC(=O)N[C@@H]2CCS(=O)(=O)C2)cc1. The molecule has 106 valence electrons. The maximum atomic E-state index is 11.6. The average Bonchev–Trinajstić information content (AvgIpc) is 2.76. The summed E-state index contributed by atoms with van der Waals surface area (Å²) in [5.74, 6) is 0.249. The number of carbonyl (C=O) groups excluding carboxylic acids is 1. The van der Waals surface area contributed by atoms with Crippen LogP contribution < -0.4 is 10.1 Å². The summed E-state index contributed by atoms with van der Waals surface area (Å²) in [6, 6.07) is 8.06. The molecule has 1 amide bonds. The standard InChI is InChI=1S/C13H14N2O4S/c14-7-10-1-3-12(4-2-10)19-8-13(16)15-11-5-6-20(17,18)9-11/h1-4,11H,5-6,8-9H2,(H,15,16)/t11-/m1/s1. The van der Waals surface area contributed by atoms with E-state index in [2.05, 4.69) is 5.32 Å². The van der Waals surface area contributed by atoms with Crippen molar-refractivity contribution in [3.05, 3.63) is 29.8 Å². The van der Waals surface area contributed by atoms with Crippen molar-refractivity contribution >= 4 is 15.7 Å². The number of hydrogen-bond donors (Lipinski definition) is 1. The smallest absolute Gasteiger partial charge is 0.258 e. The Balaban J connectivity index is 1.79. The molecule has 1 aliphatic heterocycles. The molecule has 1 atom stereocenters. The first-order valence-electron chi connectivity index (χ1n) is 6.11. The molecule has 7 heteroatoms. The van der Waals surface area contributed by atoms with E-state index in [1.807, 2.05) is 6.07 Å². The number of nitrogens with zero attached hydrogens (tertiary/aromatic N) is 1. The molecular formula is C13H14N2O4S.